The van der Waals surface area contributed by atoms with Gasteiger partial charge in [-0.15, -0.1) is 0 Å². The van der Waals surface area contributed by atoms with E-state index in [0.717, 1.165) is 0 Å². The van der Waals surface area contributed by atoms with Crippen LogP contribution in [-0.4, -0.2) is 26.6 Å². The number of aromatic nitrogens is 2. The molecular formula is C9H13N3O3. The molecular weight excluding hydrogens is 198 g/mol. The minimum absolute atomic E-state index is 0.0541. The summed E-state index contributed by atoms with van der Waals surface area (Å²) < 4.78 is 0. The summed E-state index contributed by atoms with van der Waals surface area (Å²) in [6.45, 7) is 3.45. The van der Waals surface area contributed by atoms with Gasteiger partial charge in [-0.3, -0.25) is 9.59 Å². The van der Waals surface area contributed by atoms with Crippen molar-refractivity contribution in [3.05, 3.63) is 22.7 Å². The molecule has 0 bridgehead atoms. The highest BCUT2D eigenvalue weighted by atomic mass is 16.4. The molecule has 6 nitrogen and oxygen atoms in total. The molecule has 0 saturated carbocycles. The summed E-state index contributed by atoms with van der Waals surface area (Å²) in [6.07, 6.45) is 1.21. The molecule has 0 unspecified atom stereocenters. The van der Waals surface area contributed by atoms with Crippen LogP contribution in [0.15, 0.2) is 17.2 Å². The third kappa shape index (κ3) is 3.80. The Bertz CT molecular complexity index is 411. The number of anilines is 1. The first kappa shape index (κ1) is 11.2. The van der Waals surface area contributed by atoms with Crippen LogP contribution in [0.1, 0.15) is 20.3 Å². The molecule has 0 aliphatic heterocycles. The lowest BCUT2D eigenvalue weighted by atomic mass is 10.0. The predicted octanol–water partition coefficient (Wildman–Crippen LogP) is 0.435. The molecule has 0 atom stereocenters. The molecule has 1 aromatic rings. The predicted molar refractivity (Wildman–Crippen MR) is 54.8 cm³/mol. The zero-order valence-corrected chi connectivity index (χ0v) is 8.57. The summed E-state index contributed by atoms with van der Waals surface area (Å²) in [7, 11) is 0. The molecule has 82 valence electrons. The van der Waals surface area contributed by atoms with Crippen LogP contribution in [0.3, 0.4) is 0 Å². The van der Waals surface area contributed by atoms with Gasteiger partial charge in [0.25, 0.3) is 5.56 Å². The number of carboxylic acid groups (broad SMARTS) is 1. The number of nitrogens with zero attached hydrogens (tertiary/aromatic N) is 1. The van der Waals surface area contributed by atoms with Gasteiger partial charge >= 0.3 is 5.97 Å². The number of hydrogen-bond donors (Lipinski definition) is 3. The van der Waals surface area contributed by atoms with Crippen molar-refractivity contribution in [3.8, 4) is 0 Å². The third-order valence-electron chi connectivity index (χ3n) is 1.74. The quantitative estimate of drug-likeness (QED) is 0.671. The summed E-state index contributed by atoms with van der Waals surface area (Å²) in [5.41, 5.74) is -0.925. The molecule has 0 saturated heterocycles. The Labute approximate surface area is 86.4 Å². The van der Waals surface area contributed by atoms with Crippen molar-refractivity contribution in [1.82, 2.24) is 9.97 Å². The Kier molecular flexibility index (Phi) is 3.08. The van der Waals surface area contributed by atoms with E-state index in [1.54, 1.807) is 13.8 Å². The highest BCUT2D eigenvalue weighted by Gasteiger charge is 2.21. The van der Waals surface area contributed by atoms with Gasteiger partial charge in [-0.2, -0.15) is 0 Å². The highest BCUT2D eigenvalue weighted by Crippen LogP contribution is 2.14. The maximum atomic E-state index is 10.9. The number of aliphatic carboxylic acids is 1. The molecule has 1 rings (SSSR count). The molecule has 15 heavy (non-hydrogen) atoms. The Hall–Kier alpha value is -1.85. The molecule has 0 aromatic carbocycles. The summed E-state index contributed by atoms with van der Waals surface area (Å²) in [4.78, 5) is 27.7. The fraction of sp³-hybridized carbons (Fsp3) is 0.444. The zero-order valence-electron chi connectivity index (χ0n) is 8.57. The second-order valence-corrected chi connectivity index (χ2v) is 3.88. The monoisotopic (exact) mass is 211 g/mol. The normalized spacial score (nSPS) is 11.1. The second kappa shape index (κ2) is 4.12. The van der Waals surface area contributed by atoms with Crippen LogP contribution < -0.4 is 10.9 Å². The SMILES string of the molecule is CC(C)(CC(=O)O)Nc1cc(=O)[nH]cn1. The van der Waals surface area contributed by atoms with E-state index in [1.165, 1.54) is 12.4 Å². The smallest absolute Gasteiger partial charge is 0.305 e. The maximum Gasteiger partial charge on any atom is 0.305 e. The third-order valence-corrected chi connectivity index (χ3v) is 1.74. The van der Waals surface area contributed by atoms with Gasteiger partial charge in [-0.05, 0) is 13.8 Å². The van der Waals surface area contributed by atoms with E-state index in [-0.39, 0.29) is 12.0 Å². The Morgan fingerprint density at radius 2 is 2.33 bits per heavy atom. The first-order valence-corrected chi connectivity index (χ1v) is 4.44. The fourth-order valence-corrected chi connectivity index (χ4v) is 1.21. The van der Waals surface area contributed by atoms with Gasteiger partial charge in [0.2, 0.25) is 0 Å². The van der Waals surface area contributed by atoms with Crippen LogP contribution in [0.2, 0.25) is 0 Å². The van der Waals surface area contributed by atoms with Gasteiger partial charge in [-0.25, -0.2) is 4.98 Å². The van der Waals surface area contributed by atoms with Gasteiger partial charge in [0.05, 0.1) is 12.7 Å². The first-order valence-electron chi connectivity index (χ1n) is 4.44. The van der Waals surface area contributed by atoms with Gasteiger partial charge in [-0.1, -0.05) is 0 Å². The Morgan fingerprint density at radius 3 is 2.87 bits per heavy atom. The number of rotatable bonds is 4. The van der Waals surface area contributed by atoms with Crippen molar-refractivity contribution in [2.24, 2.45) is 0 Å². The molecule has 1 aromatic heterocycles. The first-order chi connectivity index (χ1) is 6.89. The van der Waals surface area contributed by atoms with Crippen molar-refractivity contribution in [2.45, 2.75) is 25.8 Å². The highest BCUT2D eigenvalue weighted by molar-refractivity contribution is 5.69. The van der Waals surface area contributed by atoms with E-state index in [0.29, 0.717) is 5.82 Å². The van der Waals surface area contributed by atoms with Crippen LogP contribution in [-0.2, 0) is 4.79 Å². The van der Waals surface area contributed by atoms with E-state index in [9.17, 15) is 9.59 Å². The van der Waals surface area contributed by atoms with Gasteiger partial charge in [0.1, 0.15) is 5.82 Å². The Balaban J connectivity index is 2.76. The van der Waals surface area contributed by atoms with E-state index in [2.05, 4.69) is 15.3 Å². The maximum absolute atomic E-state index is 10.9. The van der Waals surface area contributed by atoms with Crippen LogP contribution in [0, 0.1) is 0 Å². The van der Waals surface area contributed by atoms with Gasteiger partial charge in [0.15, 0.2) is 0 Å². The molecule has 0 spiro atoms. The summed E-state index contributed by atoms with van der Waals surface area (Å²) in [5.74, 6) is -0.539. The zero-order chi connectivity index (χ0) is 11.5. The lowest BCUT2D eigenvalue weighted by Crippen LogP contribution is -2.34. The van der Waals surface area contributed by atoms with Crippen molar-refractivity contribution < 1.29 is 9.90 Å². The minimum Gasteiger partial charge on any atom is -0.481 e. The van der Waals surface area contributed by atoms with Crippen LogP contribution in [0.5, 0.6) is 0 Å². The van der Waals surface area contributed by atoms with E-state index in [4.69, 9.17) is 5.11 Å². The molecule has 1 heterocycles. The van der Waals surface area contributed by atoms with Crippen LogP contribution in [0.25, 0.3) is 0 Å². The second-order valence-electron chi connectivity index (χ2n) is 3.88. The van der Waals surface area contributed by atoms with E-state index < -0.39 is 11.5 Å². The molecule has 0 fully saturated rings. The summed E-state index contributed by atoms with van der Waals surface area (Å²) >= 11 is 0. The number of H-pyrrole nitrogens is 1. The minimum atomic E-state index is -0.905. The number of aromatic amines is 1. The van der Waals surface area contributed by atoms with Crippen molar-refractivity contribution >= 4 is 11.8 Å². The average Bonchev–Trinajstić information content (AvgIpc) is 1.99. The standard InChI is InChI=1S/C9H13N3O3/c1-9(2,4-8(14)15)12-6-3-7(13)11-5-10-6/h3,5H,4H2,1-2H3,(H,14,15)(H2,10,11,12,13). The van der Waals surface area contributed by atoms with Crippen LogP contribution in [0.4, 0.5) is 5.82 Å². The largest absolute Gasteiger partial charge is 0.481 e. The van der Waals surface area contributed by atoms with Crippen LogP contribution >= 0.6 is 0 Å². The van der Waals surface area contributed by atoms with Gasteiger partial charge < -0.3 is 15.4 Å². The summed E-state index contributed by atoms with van der Waals surface area (Å²) in [5, 5.41) is 11.5. The Morgan fingerprint density at radius 1 is 1.67 bits per heavy atom. The van der Waals surface area contributed by atoms with Crippen molar-refractivity contribution in [2.75, 3.05) is 5.32 Å². The molecule has 6 heteroatoms. The van der Waals surface area contributed by atoms with Crippen molar-refractivity contribution in [3.63, 3.8) is 0 Å². The average molecular weight is 211 g/mol. The number of nitrogens with one attached hydrogen (secondary N) is 2. The topological polar surface area (TPSA) is 95.1 Å². The van der Waals surface area contributed by atoms with E-state index in [1.807, 2.05) is 0 Å². The number of hydrogen-bond acceptors (Lipinski definition) is 4. The molecule has 0 radical (unpaired) electrons. The lowest BCUT2D eigenvalue weighted by Gasteiger charge is -2.24. The molecule has 0 amide bonds. The number of carbonyl (C=O) groups is 1. The summed E-state index contributed by atoms with van der Waals surface area (Å²) in [6, 6.07) is 1.28. The fourth-order valence-electron chi connectivity index (χ4n) is 1.21. The van der Waals surface area contributed by atoms with E-state index >= 15 is 0 Å². The molecule has 0 aliphatic carbocycles. The number of carboxylic acids is 1. The molecule has 3 N–H and O–H groups in total. The van der Waals surface area contributed by atoms with Crippen molar-refractivity contribution in [1.29, 1.82) is 0 Å². The van der Waals surface area contributed by atoms with Gasteiger partial charge in [0, 0.05) is 11.6 Å². The lowest BCUT2D eigenvalue weighted by molar-refractivity contribution is -0.137. The molecule has 0 aliphatic rings.